The molecule has 0 saturated carbocycles. The quantitative estimate of drug-likeness (QED) is 0.650. The molecule has 1 heterocycles. The highest BCUT2D eigenvalue weighted by atomic mass is 32.2. The van der Waals surface area contributed by atoms with Crippen LogP contribution < -0.4 is 0 Å². The van der Waals surface area contributed by atoms with Crippen LogP contribution in [0.3, 0.4) is 0 Å². The summed E-state index contributed by atoms with van der Waals surface area (Å²) in [4.78, 5) is 24.6. The van der Waals surface area contributed by atoms with Crippen LogP contribution >= 0.6 is 0 Å². The van der Waals surface area contributed by atoms with Gasteiger partial charge in [-0.3, -0.25) is 9.59 Å². The van der Waals surface area contributed by atoms with Gasteiger partial charge in [-0.25, -0.2) is 12.7 Å². The Kier molecular flexibility index (Phi) is 5.94. The summed E-state index contributed by atoms with van der Waals surface area (Å²) in [6.07, 6.45) is 0.979. The van der Waals surface area contributed by atoms with Crippen LogP contribution in [0.25, 0.3) is 0 Å². The highest BCUT2D eigenvalue weighted by Crippen LogP contribution is 2.21. The zero-order valence-electron chi connectivity index (χ0n) is 12.2. The number of nitrogens with zero attached hydrogens (tertiary/aromatic N) is 2. The fourth-order valence-electron chi connectivity index (χ4n) is 2.21. The molecule has 0 aliphatic carbocycles. The molecule has 1 aliphatic heterocycles. The van der Waals surface area contributed by atoms with E-state index >= 15 is 0 Å². The van der Waals surface area contributed by atoms with Crippen molar-refractivity contribution in [2.45, 2.75) is 19.8 Å². The van der Waals surface area contributed by atoms with Crippen molar-refractivity contribution in [1.82, 2.24) is 9.21 Å². The molecule has 0 atom stereocenters. The molecule has 0 aromatic carbocycles. The smallest absolute Gasteiger partial charge is 0.325 e. The minimum Gasteiger partial charge on any atom is -0.468 e. The first-order valence-electron chi connectivity index (χ1n) is 6.61. The van der Waals surface area contributed by atoms with Gasteiger partial charge >= 0.3 is 5.97 Å². The number of esters is 1. The maximum atomic E-state index is 12.1. The molecule has 7 nitrogen and oxygen atoms in total. The Balaban J connectivity index is 2.53. The first-order valence-corrected chi connectivity index (χ1v) is 8.22. The maximum absolute atomic E-state index is 12.1. The summed E-state index contributed by atoms with van der Waals surface area (Å²) in [6, 6.07) is 0. The molecule has 116 valence electrons. The molecule has 0 bridgehead atoms. The topological polar surface area (TPSA) is 84.0 Å². The van der Waals surface area contributed by atoms with E-state index in [4.69, 9.17) is 0 Å². The number of ether oxygens (including phenoxy) is 1. The van der Waals surface area contributed by atoms with E-state index in [1.807, 2.05) is 0 Å². The molecule has 0 aromatic rings. The van der Waals surface area contributed by atoms with Gasteiger partial charge in [0.15, 0.2) is 0 Å². The van der Waals surface area contributed by atoms with E-state index in [1.54, 1.807) is 14.0 Å². The molecule has 0 N–H and O–H groups in total. The fourth-order valence-corrected chi connectivity index (χ4v) is 3.34. The van der Waals surface area contributed by atoms with E-state index in [0.717, 1.165) is 0 Å². The first kappa shape index (κ1) is 16.9. The third kappa shape index (κ3) is 4.17. The van der Waals surface area contributed by atoms with Crippen molar-refractivity contribution in [3.63, 3.8) is 0 Å². The Morgan fingerprint density at radius 3 is 2.30 bits per heavy atom. The molecule has 8 heteroatoms. The van der Waals surface area contributed by atoms with Gasteiger partial charge < -0.3 is 9.64 Å². The van der Waals surface area contributed by atoms with Gasteiger partial charge in [-0.15, -0.1) is 0 Å². The van der Waals surface area contributed by atoms with Crippen LogP contribution in [0.2, 0.25) is 0 Å². The first-order chi connectivity index (χ1) is 9.31. The number of hydrogen-bond donors (Lipinski definition) is 0. The van der Waals surface area contributed by atoms with Crippen LogP contribution in [-0.2, 0) is 24.3 Å². The average molecular weight is 306 g/mol. The Bertz CT molecular complexity index is 454. The normalized spacial score (nSPS) is 17.8. The van der Waals surface area contributed by atoms with E-state index in [0.29, 0.717) is 25.9 Å². The van der Waals surface area contributed by atoms with Crippen molar-refractivity contribution >= 4 is 21.9 Å². The third-order valence-corrected chi connectivity index (χ3v) is 5.41. The van der Waals surface area contributed by atoms with Crippen LogP contribution in [0.4, 0.5) is 0 Å². The highest BCUT2D eigenvalue weighted by Gasteiger charge is 2.31. The van der Waals surface area contributed by atoms with E-state index in [-0.39, 0.29) is 24.1 Å². The standard InChI is InChI=1S/C12H22N2O5S/c1-4-20(17,18)14-7-5-10(6-8-14)12(16)13(2)9-11(15)19-3/h10H,4-9H2,1-3H3. The van der Waals surface area contributed by atoms with Crippen LogP contribution in [0.15, 0.2) is 0 Å². The lowest BCUT2D eigenvalue weighted by Crippen LogP contribution is -2.44. The summed E-state index contributed by atoms with van der Waals surface area (Å²) in [5.41, 5.74) is 0. The zero-order valence-corrected chi connectivity index (χ0v) is 13.0. The largest absolute Gasteiger partial charge is 0.468 e. The van der Waals surface area contributed by atoms with E-state index in [1.165, 1.54) is 16.3 Å². The number of amides is 1. The number of carbonyl (C=O) groups is 2. The molecule has 1 fully saturated rings. The van der Waals surface area contributed by atoms with Crippen LogP contribution in [0.1, 0.15) is 19.8 Å². The molecule has 20 heavy (non-hydrogen) atoms. The summed E-state index contributed by atoms with van der Waals surface area (Å²) in [7, 11) is -0.357. The monoisotopic (exact) mass is 306 g/mol. The average Bonchev–Trinajstić information content (AvgIpc) is 2.46. The van der Waals surface area contributed by atoms with Gasteiger partial charge in [-0.05, 0) is 19.8 Å². The van der Waals surface area contributed by atoms with Crippen LogP contribution in [0.5, 0.6) is 0 Å². The number of rotatable bonds is 5. The number of likely N-dealkylation sites (N-methyl/N-ethyl adjacent to an activating group) is 1. The third-order valence-electron chi connectivity index (χ3n) is 3.53. The van der Waals surface area contributed by atoms with Crippen molar-refractivity contribution in [2.24, 2.45) is 5.92 Å². The van der Waals surface area contributed by atoms with Crippen molar-refractivity contribution in [1.29, 1.82) is 0 Å². The summed E-state index contributed by atoms with van der Waals surface area (Å²) < 4.78 is 29.4. The molecule has 0 radical (unpaired) electrons. The minimum absolute atomic E-state index is 0.0772. The molecule has 0 aromatic heterocycles. The van der Waals surface area contributed by atoms with Gasteiger partial charge in [-0.2, -0.15) is 0 Å². The van der Waals surface area contributed by atoms with Crippen molar-refractivity contribution in [3.05, 3.63) is 0 Å². The maximum Gasteiger partial charge on any atom is 0.325 e. The van der Waals surface area contributed by atoms with Crippen LogP contribution in [-0.4, -0.2) is 69.0 Å². The van der Waals surface area contributed by atoms with Gasteiger partial charge in [0.05, 0.1) is 12.9 Å². The van der Waals surface area contributed by atoms with E-state index < -0.39 is 16.0 Å². The summed E-state index contributed by atoms with van der Waals surface area (Å²) in [6.45, 7) is 2.25. The van der Waals surface area contributed by atoms with Crippen molar-refractivity contribution < 1.29 is 22.7 Å². The van der Waals surface area contributed by atoms with Gasteiger partial charge in [0.25, 0.3) is 0 Å². The Labute approximate surface area is 119 Å². The van der Waals surface area contributed by atoms with Crippen LogP contribution in [0, 0.1) is 5.92 Å². The second-order valence-corrected chi connectivity index (χ2v) is 7.10. The molecule has 0 unspecified atom stereocenters. The van der Waals surface area contributed by atoms with Gasteiger partial charge in [-0.1, -0.05) is 0 Å². The lowest BCUT2D eigenvalue weighted by molar-refractivity contribution is -0.147. The molecular formula is C12H22N2O5S. The molecule has 1 rings (SSSR count). The molecule has 1 amide bonds. The number of hydrogen-bond acceptors (Lipinski definition) is 5. The number of methoxy groups -OCH3 is 1. The van der Waals surface area contributed by atoms with E-state index in [9.17, 15) is 18.0 Å². The lowest BCUT2D eigenvalue weighted by atomic mass is 9.97. The molecule has 1 saturated heterocycles. The lowest BCUT2D eigenvalue weighted by Gasteiger charge is -2.32. The molecular weight excluding hydrogens is 284 g/mol. The summed E-state index contributed by atoms with van der Waals surface area (Å²) in [5.74, 6) is -0.753. The summed E-state index contributed by atoms with van der Waals surface area (Å²) >= 11 is 0. The van der Waals surface area contributed by atoms with Gasteiger partial charge in [0.1, 0.15) is 6.54 Å². The Hall–Kier alpha value is -1.15. The second kappa shape index (κ2) is 7.03. The van der Waals surface area contributed by atoms with E-state index in [2.05, 4.69) is 4.74 Å². The van der Waals surface area contributed by atoms with Crippen molar-refractivity contribution in [3.8, 4) is 0 Å². The van der Waals surface area contributed by atoms with Gasteiger partial charge in [0, 0.05) is 26.1 Å². The fraction of sp³-hybridized carbons (Fsp3) is 0.833. The van der Waals surface area contributed by atoms with Crippen molar-refractivity contribution in [2.75, 3.05) is 39.5 Å². The zero-order chi connectivity index (χ0) is 15.3. The Morgan fingerprint density at radius 1 is 1.30 bits per heavy atom. The second-order valence-electron chi connectivity index (χ2n) is 4.84. The number of piperidine rings is 1. The predicted molar refractivity (Wildman–Crippen MR) is 73.4 cm³/mol. The SMILES string of the molecule is CCS(=O)(=O)N1CCC(C(=O)N(C)CC(=O)OC)CC1. The number of sulfonamides is 1. The number of carbonyl (C=O) groups excluding carboxylic acids is 2. The molecule has 0 spiro atoms. The minimum atomic E-state index is -3.18. The highest BCUT2D eigenvalue weighted by molar-refractivity contribution is 7.89. The predicted octanol–water partition coefficient (Wildman–Crippen LogP) is -0.320. The Morgan fingerprint density at radius 2 is 1.85 bits per heavy atom. The molecule has 1 aliphatic rings. The summed E-state index contributed by atoms with van der Waals surface area (Å²) in [5, 5.41) is 0. The van der Waals surface area contributed by atoms with Gasteiger partial charge in [0.2, 0.25) is 15.9 Å².